The monoisotopic (exact) mass is 245 g/mol. The first-order chi connectivity index (χ1) is 6.94. The zero-order valence-corrected chi connectivity index (χ0v) is 11.0. The van der Waals surface area contributed by atoms with E-state index < -0.39 is 0 Å². The first-order valence-corrected chi connectivity index (χ1v) is 6.00. The van der Waals surface area contributed by atoms with Gasteiger partial charge in [-0.05, 0) is 24.3 Å². The molecule has 0 fully saturated rings. The van der Waals surface area contributed by atoms with Crippen LogP contribution >= 0.6 is 23.2 Å². The fourth-order valence-electron chi connectivity index (χ4n) is 1.79. The largest absolute Gasteiger partial charge is 0.258 e. The molecule has 1 heterocycles. The molecule has 1 aromatic rings. The second-order valence-corrected chi connectivity index (χ2v) is 5.52. The van der Waals surface area contributed by atoms with Crippen LogP contribution in [-0.2, 0) is 6.42 Å². The fourth-order valence-corrected chi connectivity index (χ4v) is 2.24. The standard InChI is InChI=1S/C12H17Cl2N/c1-4-5-12(2,3)7-11-10(14)6-9(13)8-15-11/h6,8H,4-5,7H2,1-3H3. The first-order valence-electron chi connectivity index (χ1n) is 5.24. The van der Waals surface area contributed by atoms with Crippen LogP contribution in [0.1, 0.15) is 39.3 Å². The summed E-state index contributed by atoms with van der Waals surface area (Å²) in [5.74, 6) is 0. The maximum absolute atomic E-state index is 6.09. The topological polar surface area (TPSA) is 12.9 Å². The van der Waals surface area contributed by atoms with Gasteiger partial charge in [-0.3, -0.25) is 4.98 Å². The van der Waals surface area contributed by atoms with E-state index >= 15 is 0 Å². The van der Waals surface area contributed by atoms with Gasteiger partial charge in [0.15, 0.2) is 0 Å². The highest BCUT2D eigenvalue weighted by Gasteiger charge is 2.19. The molecule has 0 aliphatic carbocycles. The molecule has 0 saturated carbocycles. The summed E-state index contributed by atoms with van der Waals surface area (Å²) < 4.78 is 0. The molecule has 0 unspecified atom stereocenters. The van der Waals surface area contributed by atoms with E-state index in [0.717, 1.165) is 12.1 Å². The van der Waals surface area contributed by atoms with E-state index in [-0.39, 0.29) is 5.41 Å². The van der Waals surface area contributed by atoms with Gasteiger partial charge in [-0.25, -0.2) is 0 Å². The van der Waals surface area contributed by atoms with Gasteiger partial charge in [-0.1, -0.05) is 50.4 Å². The smallest absolute Gasteiger partial charge is 0.0636 e. The summed E-state index contributed by atoms with van der Waals surface area (Å²) in [4.78, 5) is 4.28. The van der Waals surface area contributed by atoms with Crippen molar-refractivity contribution in [3.63, 3.8) is 0 Å². The van der Waals surface area contributed by atoms with Crippen LogP contribution in [0.3, 0.4) is 0 Å². The molecular weight excluding hydrogens is 229 g/mol. The molecule has 0 atom stereocenters. The molecule has 0 bridgehead atoms. The van der Waals surface area contributed by atoms with Crippen molar-refractivity contribution in [2.45, 2.75) is 40.0 Å². The van der Waals surface area contributed by atoms with Gasteiger partial charge in [0, 0.05) is 6.20 Å². The number of nitrogens with zero attached hydrogens (tertiary/aromatic N) is 1. The summed E-state index contributed by atoms with van der Waals surface area (Å²) in [6.45, 7) is 6.67. The Labute approximate surface area is 102 Å². The van der Waals surface area contributed by atoms with Gasteiger partial charge in [0.05, 0.1) is 15.7 Å². The Morgan fingerprint density at radius 1 is 1.33 bits per heavy atom. The highest BCUT2D eigenvalue weighted by atomic mass is 35.5. The van der Waals surface area contributed by atoms with E-state index in [4.69, 9.17) is 23.2 Å². The zero-order valence-electron chi connectivity index (χ0n) is 9.48. The highest BCUT2D eigenvalue weighted by molar-refractivity contribution is 6.34. The van der Waals surface area contributed by atoms with Gasteiger partial charge in [0.1, 0.15) is 0 Å². The summed E-state index contributed by atoms with van der Waals surface area (Å²) in [6, 6.07) is 1.76. The molecule has 1 nitrogen and oxygen atoms in total. The molecule has 15 heavy (non-hydrogen) atoms. The number of pyridine rings is 1. The van der Waals surface area contributed by atoms with Gasteiger partial charge in [0.25, 0.3) is 0 Å². The van der Waals surface area contributed by atoms with Crippen molar-refractivity contribution in [2.24, 2.45) is 5.41 Å². The predicted molar refractivity (Wildman–Crippen MR) is 66.7 cm³/mol. The van der Waals surface area contributed by atoms with E-state index in [1.54, 1.807) is 12.3 Å². The van der Waals surface area contributed by atoms with E-state index in [1.807, 2.05) is 0 Å². The Bertz CT molecular complexity index is 334. The Hall–Kier alpha value is -0.270. The summed E-state index contributed by atoms with van der Waals surface area (Å²) in [5, 5.41) is 1.27. The fraction of sp³-hybridized carbons (Fsp3) is 0.583. The van der Waals surface area contributed by atoms with Crippen LogP contribution in [0.2, 0.25) is 10.0 Å². The minimum atomic E-state index is 0.249. The van der Waals surface area contributed by atoms with Crippen molar-refractivity contribution < 1.29 is 0 Å². The van der Waals surface area contributed by atoms with E-state index in [2.05, 4.69) is 25.8 Å². The van der Waals surface area contributed by atoms with Gasteiger partial charge >= 0.3 is 0 Å². The molecule has 0 amide bonds. The third-order valence-electron chi connectivity index (χ3n) is 2.46. The zero-order chi connectivity index (χ0) is 11.5. The third kappa shape index (κ3) is 4.00. The summed E-state index contributed by atoms with van der Waals surface area (Å²) in [7, 11) is 0. The number of hydrogen-bond donors (Lipinski definition) is 0. The van der Waals surface area contributed by atoms with Gasteiger partial charge in [0.2, 0.25) is 0 Å². The quantitative estimate of drug-likeness (QED) is 0.746. The summed E-state index contributed by atoms with van der Waals surface area (Å²) in [6.07, 6.45) is 4.91. The Kier molecular flexibility index (Phi) is 4.42. The first kappa shape index (κ1) is 12.8. The molecule has 1 aromatic heterocycles. The van der Waals surface area contributed by atoms with Crippen LogP contribution in [0.4, 0.5) is 0 Å². The average Bonchev–Trinajstić information content (AvgIpc) is 2.09. The molecule has 0 N–H and O–H groups in total. The van der Waals surface area contributed by atoms with Crippen LogP contribution in [-0.4, -0.2) is 4.98 Å². The molecular formula is C12H17Cl2N. The molecule has 0 saturated heterocycles. The minimum absolute atomic E-state index is 0.249. The molecule has 0 radical (unpaired) electrons. The Morgan fingerprint density at radius 3 is 2.53 bits per heavy atom. The Balaban J connectivity index is 2.80. The van der Waals surface area contributed by atoms with Crippen LogP contribution in [0.5, 0.6) is 0 Å². The number of rotatable bonds is 4. The average molecular weight is 246 g/mol. The SMILES string of the molecule is CCCC(C)(C)Cc1ncc(Cl)cc1Cl. The lowest BCUT2D eigenvalue weighted by Gasteiger charge is -2.23. The van der Waals surface area contributed by atoms with Gasteiger partial charge in [-0.2, -0.15) is 0 Å². The molecule has 0 aromatic carbocycles. The lowest BCUT2D eigenvalue weighted by Crippen LogP contribution is -2.15. The molecule has 84 valence electrons. The molecule has 1 rings (SSSR count). The maximum atomic E-state index is 6.09. The van der Waals surface area contributed by atoms with Crippen molar-refractivity contribution >= 4 is 23.2 Å². The molecule has 0 aliphatic heterocycles. The molecule has 0 spiro atoms. The third-order valence-corrected chi connectivity index (χ3v) is 2.99. The maximum Gasteiger partial charge on any atom is 0.0636 e. The summed E-state index contributed by atoms with van der Waals surface area (Å²) >= 11 is 11.9. The van der Waals surface area contributed by atoms with E-state index in [9.17, 15) is 0 Å². The predicted octanol–water partition coefficient (Wildman–Crippen LogP) is 4.76. The van der Waals surface area contributed by atoms with Crippen molar-refractivity contribution in [3.05, 3.63) is 28.0 Å². The van der Waals surface area contributed by atoms with Crippen molar-refractivity contribution in [3.8, 4) is 0 Å². The lowest BCUT2D eigenvalue weighted by atomic mass is 9.83. The minimum Gasteiger partial charge on any atom is -0.258 e. The number of hydrogen-bond acceptors (Lipinski definition) is 1. The highest BCUT2D eigenvalue weighted by Crippen LogP contribution is 2.30. The van der Waals surface area contributed by atoms with Gasteiger partial charge < -0.3 is 0 Å². The number of halogens is 2. The van der Waals surface area contributed by atoms with Crippen molar-refractivity contribution in [2.75, 3.05) is 0 Å². The second-order valence-electron chi connectivity index (χ2n) is 4.67. The van der Waals surface area contributed by atoms with E-state index in [0.29, 0.717) is 10.0 Å². The van der Waals surface area contributed by atoms with Crippen LogP contribution in [0.15, 0.2) is 12.3 Å². The second kappa shape index (κ2) is 5.18. The van der Waals surface area contributed by atoms with Crippen molar-refractivity contribution in [1.29, 1.82) is 0 Å². The van der Waals surface area contributed by atoms with Crippen LogP contribution in [0.25, 0.3) is 0 Å². The molecule has 0 aliphatic rings. The van der Waals surface area contributed by atoms with Crippen LogP contribution < -0.4 is 0 Å². The van der Waals surface area contributed by atoms with Gasteiger partial charge in [-0.15, -0.1) is 0 Å². The lowest BCUT2D eigenvalue weighted by molar-refractivity contribution is 0.326. The normalized spacial score (nSPS) is 11.8. The van der Waals surface area contributed by atoms with Crippen LogP contribution in [0, 0.1) is 5.41 Å². The Morgan fingerprint density at radius 2 is 2.00 bits per heavy atom. The molecule has 3 heteroatoms. The number of aromatic nitrogens is 1. The van der Waals surface area contributed by atoms with E-state index in [1.165, 1.54) is 12.8 Å². The summed E-state index contributed by atoms with van der Waals surface area (Å²) in [5.41, 5.74) is 1.19. The van der Waals surface area contributed by atoms with Crippen molar-refractivity contribution in [1.82, 2.24) is 4.98 Å².